The summed E-state index contributed by atoms with van der Waals surface area (Å²) in [5, 5.41) is 8.50. The van der Waals surface area contributed by atoms with Crippen LogP contribution in [-0.2, 0) is 11.2 Å². The highest BCUT2D eigenvalue weighted by Crippen LogP contribution is 2.25. The summed E-state index contributed by atoms with van der Waals surface area (Å²) in [6.07, 6.45) is 0.697. The Labute approximate surface area is 100 Å². The molecule has 17 heavy (non-hydrogen) atoms. The van der Waals surface area contributed by atoms with Gasteiger partial charge in [0.1, 0.15) is 11.5 Å². The molecule has 1 rings (SSSR count). The first-order valence-electron chi connectivity index (χ1n) is 5.30. The number of aliphatic carboxylic acids is 1. The minimum Gasteiger partial charge on any atom is -0.496 e. The summed E-state index contributed by atoms with van der Waals surface area (Å²) in [6, 6.07) is 5.25. The molecule has 0 aliphatic carbocycles. The number of hydrogen-bond donors (Lipinski definition) is 2. The van der Waals surface area contributed by atoms with Crippen LogP contribution in [0.15, 0.2) is 18.2 Å². The maximum absolute atomic E-state index is 10.4. The number of ether oxygens (including phenoxy) is 2. The van der Waals surface area contributed by atoms with Crippen LogP contribution in [0.4, 0.5) is 0 Å². The summed E-state index contributed by atoms with van der Waals surface area (Å²) in [5.41, 5.74) is 6.70. The molecule has 0 bridgehead atoms. The molecule has 5 heteroatoms. The van der Waals surface area contributed by atoms with E-state index in [4.69, 9.17) is 20.3 Å². The molecule has 1 atom stereocenters. The van der Waals surface area contributed by atoms with Gasteiger partial charge in [-0.2, -0.15) is 0 Å². The first-order chi connectivity index (χ1) is 8.02. The van der Waals surface area contributed by atoms with Gasteiger partial charge in [0.05, 0.1) is 7.11 Å². The van der Waals surface area contributed by atoms with E-state index in [1.165, 1.54) is 0 Å². The van der Waals surface area contributed by atoms with Crippen molar-refractivity contribution in [2.24, 2.45) is 5.73 Å². The summed E-state index contributed by atoms with van der Waals surface area (Å²) >= 11 is 0. The molecule has 3 N–H and O–H groups in total. The highest BCUT2D eigenvalue weighted by Gasteiger charge is 2.08. The van der Waals surface area contributed by atoms with Gasteiger partial charge in [-0.15, -0.1) is 0 Å². The van der Waals surface area contributed by atoms with Crippen LogP contribution < -0.4 is 15.2 Å². The zero-order chi connectivity index (χ0) is 12.8. The van der Waals surface area contributed by atoms with Crippen LogP contribution in [-0.4, -0.2) is 30.8 Å². The molecule has 0 saturated heterocycles. The number of carboxylic acids is 1. The maximum Gasteiger partial charge on any atom is 0.341 e. The van der Waals surface area contributed by atoms with Gasteiger partial charge in [0.15, 0.2) is 6.61 Å². The number of hydrogen-bond acceptors (Lipinski definition) is 4. The SMILES string of the molecule is COc1cc(OCC(=O)O)ccc1CC(C)N. The molecule has 1 aromatic carbocycles. The minimum atomic E-state index is -1.01. The van der Waals surface area contributed by atoms with Gasteiger partial charge in [-0.25, -0.2) is 4.79 Å². The number of benzene rings is 1. The van der Waals surface area contributed by atoms with Crippen molar-refractivity contribution in [1.82, 2.24) is 0 Å². The zero-order valence-electron chi connectivity index (χ0n) is 9.97. The van der Waals surface area contributed by atoms with Gasteiger partial charge in [-0.3, -0.25) is 0 Å². The van der Waals surface area contributed by atoms with E-state index < -0.39 is 5.97 Å². The molecule has 0 amide bonds. The summed E-state index contributed by atoms with van der Waals surface area (Å²) in [7, 11) is 1.56. The average molecular weight is 239 g/mol. The lowest BCUT2D eigenvalue weighted by molar-refractivity contribution is -0.139. The predicted molar refractivity (Wildman–Crippen MR) is 63.5 cm³/mol. The number of methoxy groups -OCH3 is 1. The zero-order valence-corrected chi connectivity index (χ0v) is 9.97. The Morgan fingerprint density at radius 3 is 2.76 bits per heavy atom. The van der Waals surface area contributed by atoms with Crippen molar-refractivity contribution < 1.29 is 19.4 Å². The Balaban J connectivity index is 2.80. The smallest absolute Gasteiger partial charge is 0.341 e. The lowest BCUT2D eigenvalue weighted by Crippen LogP contribution is -2.18. The molecule has 94 valence electrons. The Morgan fingerprint density at radius 1 is 1.53 bits per heavy atom. The third-order valence-corrected chi connectivity index (χ3v) is 2.16. The lowest BCUT2D eigenvalue weighted by Gasteiger charge is -2.12. The van der Waals surface area contributed by atoms with Gasteiger partial charge < -0.3 is 20.3 Å². The Bertz CT molecular complexity index is 390. The van der Waals surface area contributed by atoms with Gasteiger partial charge in [-0.05, 0) is 25.0 Å². The van der Waals surface area contributed by atoms with Crippen molar-refractivity contribution in [2.45, 2.75) is 19.4 Å². The summed E-state index contributed by atoms with van der Waals surface area (Å²) in [6.45, 7) is 1.55. The highest BCUT2D eigenvalue weighted by atomic mass is 16.5. The quantitative estimate of drug-likeness (QED) is 0.775. The molecule has 1 unspecified atom stereocenters. The van der Waals surface area contributed by atoms with Crippen LogP contribution in [0.3, 0.4) is 0 Å². The predicted octanol–water partition coefficient (Wildman–Crippen LogP) is 1.05. The Morgan fingerprint density at radius 2 is 2.24 bits per heavy atom. The number of carbonyl (C=O) groups is 1. The molecule has 0 spiro atoms. The van der Waals surface area contributed by atoms with Gasteiger partial charge in [0.2, 0.25) is 0 Å². The largest absolute Gasteiger partial charge is 0.496 e. The Hall–Kier alpha value is -1.75. The molecule has 0 saturated carbocycles. The first-order valence-corrected chi connectivity index (χ1v) is 5.30. The normalized spacial score (nSPS) is 11.9. The fourth-order valence-electron chi connectivity index (χ4n) is 1.48. The van der Waals surface area contributed by atoms with E-state index in [-0.39, 0.29) is 12.6 Å². The second kappa shape index (κ2) is 6.10. The molecule has 1 aromatic rings. The van der Waals surface area contributed by atoms with Gasteiger partial charge in [0, 0.05) is 12.1 Å². The minimum absolute atomic E-state index is 0.0367. The van der Waals surface area contributed by atoms with Crippen LogP contribution in [0.5, 0.6) is 11.5 Å². The standard InChI is InChI=1S/C12H17NO4/c1-8(13)5-9-3-4-10(6-11(9)16-2)17-7-12(14)15/h3-4,6,8H,5,7,13H2,1-2H3,(H,14,15). The van der Waals surface area contributed by atoms with Crippen LogP contribution >= 0.6 is 0 Å². The molecule has 0 heterocycles. The van der Waals surface area contributed by atoms with E-state index in [0.29, 0.717) is 17.9 Å². The number of nitrogens with two attached hydrogens (primary N) is 1. The number of carboxylic acid groups (broad SMARTS) is 1. The maximum atomic E-state index is 10.4. The molecular weight excluding hydrogens is 222 g/mol. The lowest BCUT2D eigenvalue weighted by atomic mass is 10.1. The third-order valence-electron chi connectivity index (χ3n) is 2.16. The van der Waals surface area contributed by atoms with Crippen molar-refractivity contribution in [2.75, 3.05) is 13.7 Å². The molecule has 0 aliphatic rings. The van der Waals surface area contributed by atoms with Crippen LogP contribution in [0.25, 0.3) is 0 Å². The molecular formula is C12H17NO4. The van der Waals surface area contributed by atoms with Crippen molar-refractivity contribution in [3.63, 3.8) is 0 Å². The van der Waals surface area contributed by atoms with Crippen LogP contribution in [0, 0.1) is 0 Å². The van der Waals surface area contributed by atoms with E-state index in [1.54, 1.807) is 19.2 Å². The van der Waals surface area contributed by atoms with E-state index in [9.17, 15) is 4.79 Å². The average Bonchev–Trinajstić information content (AvgIpc) is 2.26. The molecule has 0 radical (unpaired) electrons. The van der Waals surface area contributed by atoms with Gasteiger partial charge >= 0.3 is 5.97 Å². The molecule has 0 aromatic heterocycles. The fraction of sp³-hybridized carbons (Fsp3) is 0.417. The van der Waals surface area contributed by atoms with Crippen molar-refractivity contribution in [3.8, 4) is 11.5 Å². The molecule has 5 nitrogen and oxygen atoms in total. The van der Waals surface area contributed by atoms with Crippen molar-refractivity contribution in [3.05, 3.63) is 23.8 Å². The summed E-state index contributed by atoms with van der Waals surface area (Å²) in [4.78, 5) is 10.4. The van der Waals surface area contributed by atoms with E-state index in [0.717, 1.165) is 5.56 Å². The first kappa shape index (κ1) is 13.3. The fourth-order valence-corrected chi connectivity index (χ4v) is 1.48. The topological polar surface area (TPSA) is 81.8 Å². The van der Waals surface area contributed by atoms with E-state index in [1.807, 2.05) is 13.0 Å². The molecule has 0 fully saturated rings. The second-order valence-electron chi connectivity index (χ2n) is 3.84. The summed E-state index contributed by atoms with van der Waals surface area (Å²) < 4.78 is 10.3. The Kier molecular flexibility index (Phi) is 4.78. The van der Waals surface area contributed by atoms with E-state index >= 15 is 0 Å². The van der Waals surface area contributed by atoms with Crippen LogP contribution in [0.1, 0.15) is 12.5 Å². The van der Waals surface area contributed by atoms with Crippen molar-refractivity contribution in [1.29, 1.82) is 0 Å². The number of rotatable bonds is 6. The second-order valence-corrected chi connectivity index (χ2v) is 3.84. The van der Waals surface area contributed by atoms with E-state index in [2.05, 4.69) is 0 Å². The third kappa shape index (κ3) is 4.32. The van der Waals surface area contributed by atoms with Crippen LogP contribution in [0.2, 0.25) is 0 Å². The monoisotopic (exact) mass is 239 g/mol. The highest BCUT2D eigenvalue weighted by molar-refractivity contribution is 5.68. The van der Waals surface area contributed by atoms with Gasteiger partial charge in [0.25, 0.3) is 0 Å². The van der Waals surface area contributed by atoms with Crippen molar-refractivity contribution >= 4 is 5.97 Å². The van der Waals surface area contributed by atoms with Gasteiger partial charge in [-0.1, -0.05) is 6.07 Å². The molecule has 0 aliphatic heterocycles. The summed E-state index contributed by atoms with van der Waals surface area (Å²) in [5.74, 6) is 0.117.